The summed E-state index contributed by atoms with van der Waals surface area (Å²) in [4.78, 5) is 11.9. The van der Waals surface area contributed by atoms with Crippen LogP contribution in [0, 0.1) is 11.6 Å². The average Bonchev–Trinajstić information content (AvgIpc) is 2.63. The molecule has 0 fully saturated rings. The van der Waals surface area contributed by atoms with Crippen molar-refractivity contribution in [3.8, 4) is 11.5 Å². The fourth-order valence-electron chi connectivity index (χ4n) is 2.19. The van der Waals surface area contributed by atoms with Crippen molar-refractivity contribution in [1.29, 1.82) is 0 Å². The zero-order valence-corrected chi connectivity index (χ0v) is 15.1. The summed E-state index contributed by atoms with van der Waals surface area (Å²) in [5.41, 5.74) is 0.748. The van der Waals surface area contributed by atoms with Gasteiger partial charge in [0, 0.05) is 11.4 Å². The fraction of sp³-hybridized carbons (Fsp3) is 0.278. The third kappa shape index (κ3) is 6.67. The molecule has 9 heteroatoms. The van der Waals surface area contributed by atoms with Crippen LogP contribution in [0.2, 0.25) is 0 Å². The van der Waals surface area contributed by atoms with Gasteiger partial charge in [0.25, 0.3) is 0 Å². The Hall–Kier alpha value is -2.42. The Kier molecular flexibility index (Phi) is 7.78. The van der Waals surface area contributed by atoms with Crippen LogP contribution in [0.3, 0.4) is 0 Å². The number of benzene rings is 2. The van der Waals surface area contributed by atoms with E-state index in [1.165, 1.54) is 13.2 Å². The molecular weight excluding hydrogens is 386 g/mol. The number of ether oxygens (including phenoxy) is 2. The molecule has 0 aromatic heterocycles. The molecule has 0 saturated heterocycles. The minimum atomic E-state index is -2.95. The summed E-state index contributed by atoms with van der Waals surface area (Å²) in [7, 11) is 1.34. The Morgan fingerprint density at radius 3 is 2.63 bits per heavy atom. The lowest BCUT2D eigenvalue weighted by molar-refractivity contribution is -0.118. The van der Waals surface area contributed by atoms with Crippen molar-refractivity contribution < 1.29 is 31.8 Å². The minimum Gasteiger partial charge on any atom is -0.493 e. The molecule has 2 aromatic rings. The first-order chi connectivity index (χ1) is 12.9. The molecule has 0 saturated carbocycles. The first-order valence-corrected chi connectivity index (χ1v) is 8.84. The summed E-state index contributed by atoms with van der Waals surface area (Å²) in [5, 5.41) is 2.65. The SMILES string of the molecule is COc1cc(CCNC(=O)CSc2cc(F)ccc2F)ccc1OC(F)F. The largest absolute Gasteiger partial charge is 0.493 e. The third-order valence-electron chi connectivity index (χ3n) is 3.43. The van der Waals surface area contributed by atoms with Gasteiger partial charge in [-0.05, 0) is 42.3 Å². The van der Waals surface area contributed by atoms with Gasteiger partial charge < -0.3 is 14.8 Å². The summed E-state index contributed by atoms with van der Waals surface area (Å²) < 4.78 is 60.5. The lowest BCUT2D eigenvalue weighted by Gasteiger charge is -2.11. The first-order valence-electron chi connectivity index (χ1n) is 7.85. The van der Waals surface area contributed by atoms with Crippen molar-refractivity contribution >= 4 is 17.7 Å². The lowest BCUT2D eigenvalue weighted by Crippen LogP contribution is -2.27. The van der Waals surface area contributed by atoms with Gasteiger partial charge in [-0.3, -0.25) is 4.79 Å². The molecule has 0 aliphatic carbocycles. The molecule has 0 aliphatic heterocycles. The van der Waals surface area contributed by atoms with Crippen LogP contribution in [0.15, 0.2) is 41.3 Å². The van der Waals surface area contributed by atoms with E-state index in [1.807, 2.05) is 0 Å². The zero-order valence-electron chi connectivity index (χ0n) is 14.3. The molecule has 0 heterocycles. The van der Waals surface area contributed by atoms with Crippen LogP contribution >= 0.6 is 11.8 Å². The fourth-order valence-corrected chi connectivity index (χ4v) is 2.98. The minimum absolute atomic E-state index is 0.0597. The zero-order chi connectivity index (χ0) is 19.8. The molecule has 27 heavy (non-hydrogen) atoms. The van der Waals surface area contributed by atoms with Gasteiger partial charge in [0.05, 0.1) is 12.9 Å². The topological polar surface area (TPSA) is 47.6 Å². The number of halogens is 4. The van der Waals surface area contributed by atoms with E-state index in [0.29, 0.717) is 6.42 Å². The van der Waals surface area contributed by atoms with E-state index in [-0.39, 0.29) is 34.6 Å². The van der Waals surface area contributed by atoms with Crippen LogP contribution in [0.4, 0.5) is 17.6 Å². The summed E-state index contributed by atoms with van der Waals surface area (Å²) in [6.45, 7) is -2.67. The molecule has 0 bridgehead atoms. The Morgan fingerprint density at radius 2 is 1.93 bits per heavy atom. The van der Waals surface area contributed by atoms with Crippen molar-refractivity contribution in [1.82, 2.24) is 5.32 Å². The van der Waals surface area contributed by atoms with E-state index in [1.54, 1.807) is 12.1 Å². The van der Waals surface area contributed by atoms with Crippen LogP contribution < -0.4 is 14.8 Å². The molecular formula is C18H17F4NO3S. The lowest BCUT2D eigenvalue weighted by atomic mass is 10.1. The van der Waals surface area contributed by atoms with Gasteiger partial charge in [-0.15, -0.1) is 11.8 Å². The van der Waals surface area contributed by atoms with Crippen molar-refractivity contribution in [3.05, 3.63) is 53.6 Å². The van der Waals surface area contributed by atoms with Gasteiger partial charge in [0.2, 0.25) is 5.91 Å². The second kappa shape index (κ2) is 10.1. The normalized spacial score (nSPS) is 10.7. The van der Waals surface area contributed by atoms with Gasteiger partial charge >= 0.3 is 6.61 Å². The first kappa shape index (κ1) is 20.9. The third-order valence-corrected chi connectivity index (χ3v) is 4.46. The quantitative estimate of drug-likeness (QED) is 0.507. The van der Waals surface area contributed by atoms with E-state index in [4.69, 9.17) is 4.74 Å². The van der Waals surface area contributed by atoms with Crippen molar-refractivity contribution in [2.24, 2.45) is 0 Å². The number of thioether (sulfide) groups is 1. The van der Waals surface area contributed by atoms with Crippen molar-refractivity contribution in [2.75, 3.05) is 19.4 Å². The summed E-state index contributed by atoms with van der Waals surface area (Å²) in [6.07, 6.45) is 0.427. The van der Waals surface area contributed by atoms with Crippen LogP contribution in [-0.4, -0.2) is 31.9 Å². The molecule has 4 nitrogen and oxygen atoms in total. The van der Waals surface area contributed by atoms with E-state index >= 15 is 0 Å². The maximum absolute atomic E-state index is 13.5. The molecule has 0 aliphatic rings. The smallest absolute Gasteiger partial charge is 0.387 e. The predicted octanol–water partition coefficient (Wildman–Crippen LogP) is 4.03. The molecule has 0 unspecified atom stereocenters. The highest BCUT2D eigenvalue weighted by atomic mass is 32.2. The van der Waals surface area contributed by atoms with Crippen molar-refractivity contribution in [2.45, 2.75) is 17.9 Å². The number of amides is 1. The molecule has 1 N–H and O–H groups in total. The second-order valence-electron chi connectivity index (χ2n) is 5.33. The summed E-state index contributed by atoms with van der Waals surface area (Å²) in [6, 6.07) is 7.53. The number of nitrogens with one attached hydrogen (secondary N) is 1. The van der Waals surface area contributed by atoms with E-state index in [2.05, 4.69) is 10.1 Å². The van der Waals surface area contributed by atoms with E-state index in [0.717, 1.165) is 35.5 Å². The van der Waals surface area contributed by atoms with Gasteiger partial charge in [-0.1, -0.05) is 6.07 Å². The molecule has 1 amide bonds. The number of carbonyl (C=O) groups is 1. The highest BCUT2D eigenvalue weighted by Crippen LogP contribution is 2.29. The predicted molar refractivity (Wildman–Crippen MR) is 93.4 cm³/mol. The molecule has 0 atom stereocenters. The highest BCUT2D eigenvalue weighted by Gasteiger charge is 2.12. The van der Waals surface area contributed by atoms with Crippen LogP contribution in [0.25, 0.3) is 0 Å². The molecule has 0 radical (unpaired) electrons. The summed E-state index contributed by atoms with van der Waals surface area (Å²) >= 11 is 0.895. The number of alkyl halides is 2. The molecule has 146 valence electrons. The van der Waals surface area contributed by atoms with Crippen molar-refractivity contribution in [3.63, 3.8) is 0 Å². The maximum atomic E-state index is 13.5. The molecule has 0 spiro atoms. The van der Waals surface area contributed by atoms with Crippen LogP contribution in [-0.2, 0) is 11.2 Å². The Bertz CT molecular complexity index is 789. The van der Waals surface area contributed by atoms with Crippen LogP contribution in [0.5, 0.6) is 11.5 Å². The van der Waals surface area contributed by atoms with Crippen LogP contribution in [0.1, 0.15) is 5.56 Å². The second-order valence-corrected chi connectivity index (χ2v) is 6.34. The Morgan fingerprint density at radius 1 is 1.15 bits per heavy atom. The molecule has 2 rings (SSSR count). The maximum Gasteiger partial charge on any atom is 0.387 e. The molecule has 2 aromatic carbocycles. The standard InChI is InChI=1S/C18H17F4NO3S/c1-25-15-8-11(2-5-14(15)26-18(21)22)6-7-23-17(24)10-27-16-9-12(19)3-4-13(16)20/h2-5,8-9,18H,6-7,10H2,1H3,(H,23,24). The van der Waals surface area contributed by atoms with Gasteiger partial charge in [-0.2, -0.15) is 8.78 Å². The van der Waals surface area contributed by atoms with E-state index < -0.39 is 18.2 Å². The Balaban J connectivity index is 1.81. The highest BCUT2D eigenvalue weighted by molar-refractivity contribution is 8.00. The number of methoxy groups -OCH3 is 1. The number of rotatable bonds is 9. The summed E-state index contributed by atoms with van der Waals surface area (Å²) in [5.74, 6) is -1.48. The number of carbonyl (C=O) groups excluding carboxylic acids is 1. The van der Waals surface area contributed by atoms with Gasteiger partial charge in [0.1, 0.15) is 11.6 Å². The number of hydrogen-bond acceptors (Lipinski definition) is 4. The number of hydrogen-bond donors (Lipinski definition) is 1. The van der Waals surface area contributed by atoms with Gasteiger partial charge in [0.15, 0.2) is 11.5 Å². The average molecular weight is 403 g/mol. The monoisotopic (exact) mass is 403 g/mol. The Labute approximate surface area is 157 Å². The van der Waals surface area contributed by atoms with Gasteiger partial charge in [-0.25, -0.2) is 8.78 Å². The van der Waals surface area contributed by atoms with E-state index in [9.17, 15) is 22.4 Å².